The van der Waals surface area contributed by atoms with E-state index in [0.717, 1.165) is 42.6 Å². The van der Waals surface area contributed by atoms with Crippen LogP contribution in [0.1, 0.15) is 54.4 Å². The monoisotopic (exact) mass is 517 g/mol. The Bertz CT molecular complexity index is 1750. The van der Waals surface area contributed by atoms with E-state index in [9.17, 15) is 9.59 Å². The van der Waals surface area contributed by atoms with Crippen molar-refractivity contribution >= 4 is 29.0 Å². The molecule has 3 atom stereocenters. The fourth-order valence-corrected chi connectivity index (χ4v) is 7.08. The molecule has 3 unspecified atom stereocenters. The van der Waals surface area contributed by atoms with Crippen molar-refractivity contribution in [3.63, 3.8) is 0 Å². The first-order chi connectivity index (χ1) is 18.9. The number of amides is 2. The number of hydrogen-bond acceptors (Lipinski definition) is 6. The number of carbonyl (C=O) groups is 2. The largest absolute Gasteiger partial charge is 0.382 e. The Balaban J connectivity index is 1.29. The number of carbonyl (C=O) groups excluding carboxylic acids is 2. The zero-order chi connectivity index (χ0) is 26.9. The summed E-state index contributed by atoms with van der Waals surface area (Å²) in [6, 6.07) is 11.0. The van der Waals surface area contributed by atoms with Gasteiger partial charge < -0.3 is 16.0 Å². The van der Waals surface area contributed by atoms with Crippen LogP contribution in [0.2, 0.25) is 0 Å². The van der Waals surface area contributed by atoms with Gasteiger partial charge in [-0.05, 0) is 81.2 Å². The van der Waals surface area contributed by atoms with Crippen LogP contribution in [0.25, 0.3) is 16.8 Å². The van der Waals surface area contributed by atoms with E-state index in [-0.39, 0.29) is 17.4 Å². The Morgan fingerprint density at radius 3 is 2.62 bits per heavy atom. The van der Waals surface area contributed by atoms with E-state index >= 15 is 0 Å². The van der Waals surface area contributed by atoms with Crippen LogP contribution >= 0.6 is 0 Å². The second kappa shape index (κ2) is 8.14. The number of likely N-dealkylation sites (tertiary alicyclic amines) is 1. The number of aromatic nitrogens is 4. The van der Waals surface area contributed by atoms with Gasteiger partial charge in [-0.1, -0.05) is 18.1 Å². The first-order valence-electron chi connectivity index (χ1n) is 13.2. The highest BCUT2D eigenvalue weighted by Crippen LogP contribution is 2.77. The van der Waals surface area contributed by atoms with Gasteiger partial charge in [0.25, 0.3) is 11.8 Å². The zero-order valence-corrected chi connectivity index (χ0v) is 21.7. The topological polar surface area (TPSA) is 118 Å². The van der Waals surface area contributed by atoms with Crippen molar-refractivity contribution in [3.05, 3.63) is 71.9 Å². The Hall–Kier alpha value is -4.71. The molecule has 9 heteroatoms. The van der Waals surface area contributed by atoms with Crippen molar-refractivity contribution in [2.24, 2.45) is 5.92 Å². The number of nitrogens with zero attached hydrogens (tertiary/aromatic N) is 5. The van der Waals surface area contributed by atoms with Crippen LogP contribution in [-0.4, -0.2) is 41.6 Å². The Kier molecular flexibility index (Phi) is 4.89. The van der Waals surface area contributed by atoms with Crippen LogP contribution in [0.3, 0.4) is 0 Å². The smallest absolute Gasteiger partial charge is 0.299 e. The summed E-state index contributed by atoms with van der Waals surface area (Å²) < 4.78 is 2.00. The molecule has 1 aromatic carbocycles. The molecule has 4 heterocycles. The van der Waals surface area contributed by atoms with Gasteiger partial charge in [0.2, 0.25) is 0 Å². The molecule has 0 radical (unpaired) electrons. The highest BCUT2D eigenvalue weighted by molar-refractivity contribution is 6.04. The highest BCUT2D eigenvalue weighted by atomic mass is 16.2. The number of pyridine rings is 1. The van der Waals surface area contributed by atoms with Crippen LogP contribution < -0.4 is 11.1 Å². The van der Waals surface area contributed by atoms with Crippen molar-refractivity contribution in [1.82, 2.24) is 24.3 Å². The summed E-state index contributed by atoms with van der Waals surface area (Å²) >= 11 is 0. The average molecular weight is 518 g/mol. The van der Waals surface area contributed by atoms with Gasteiger partial charge in [0.1, 0.15) is 34.2 Å². The standard InChI is InChI=1S/C30H27N7O2/c1-3-4-23(38)37-29-12-9-21(29)10-13-30(29,37)28-35-24(25-26(31)33-15-16-36(25)28)19-5-7-20(8-6-19)27(39)34-22-17-18(2)11-14-32-22/h5-8,11,14-17,21H,9-10,12-13H2,1-2H3,(H2,31,33)(H,32,34,39). The molecule has 3 fully saturated rings. The Labute approximate surface area is 225 Å². The maximum absolute atomic E-state index is 13.1. The van der Waals surface area contributed by atoms with Crippen LogP contribution in [0, 0.1) is 24.7 Å². The summed E-state index contributed by atoms with van der Waals surface area (Å²) in [5.41, 5.74) is 9.40. The maximum atomic E-state index is 13.1. The second-order valence-electron chi connectivity index (χ2n) is 10.6. The van der Waals surface area contributed by atoms with Gasteiger partial charge >= 0.3 is 0 Å². The third kappa shape index (κ3) is 3.05. The molecule has 7 rings (SSSR count). The molecular formula is C30H27N7O2. The van der Waals surface area contributed by atoms with Gasteiger partial charge in [-0.25, -0.2) is 15.0 Å². The molecule has 3 N–H and O–H groups in total. The Morgan fingerprint density at radius 1 is 1.10 bits per heavy atom. The minimum Gasteiger partial charge on any atom is -0.382 e. The lowest BCUT2D eigenvalue weighted by Crippen LogP contribution is -2.39. The van der Waals surface area contributed by atoms with Gasteiger partial charge in [-0.2, -0.15) is 0 Å². The molecule has 194 valence electrons. The highest BCUT2D eigenvalue weighted by Gasteiger charge is 2.87. The van der Waals surface area contributed by atoms with E-state index in [1.165, 1.54) is 0 Å². The third-order valence-corrected chi connectivity index (χ3v) is 8.82. The van der Waals surface area contributed by atoms with Crippen LogP contribution in [0.4, 0.5) is 11.6 Å². The minimum atomic E-state index is -0.494. The van der Waals surface area contributed by atoms with E-state index in [1.807, 2.05) is 46.7 Å². The molecule has 2 amide bonds. The molecule has 2 aliphatic carbocycles. The molecule has 1 spiro atoms. The number of imidazole rings is 1. The predicted octanol–water partition coefficient (Wildman–Crippen LogP) is 3.94. The van der Waals surface area contributed by atoms with E-state index in [1.54, 1.807) is 31.5 Å². The summed E-state index contributed by atoms with van der Waals surface area (Å²) in [5.74, 6) is 7.30. The third-order valence-electron chi connectivity index (χ3n) is 8.82. The van der Waals surface area contributed by atoms with Gasteiger partial charge in [0.15, 0.2) is 0 Å². The summed E-state index contributed by atoms with van der Waals surface area (Å²) in [5, 5.41) is 2.84. The molecule has 1 saturated heterocycles. The number of hydrogen-bond donors (Lipinski definition) is 2. The number of nitrogens with one attached hydrogen (secondary N) is 1. The predicted molar refractivity (Wildman–Crippen MR) is 146 cm³/mol. The van der Waals surface area contributed by atoms with Crippen molar-refractivity contribution in [2.45, 2.75) is 50.6 Å². The quantitative estimate of drug-likeness (QED) is 0.313. The van der Waals surface area contributed by atoms with E-state index in [0.29, 0.717) is 34.3 Å². The van der Waals surface area contributed by atoms with Crippen molar-refractivity contribution in [2.75, 3.05) is 11.1 Å². The van der Waals surface area contributed by atoms with Gasteiger partial charge in [0.05, 0.1) is 5.54 Å². The lowest BCUT2D eigenvalue weighted by molar-refractivity contribution is -0.124. The van der Waals surface area contributed by atoms with Crippen LogP contribution in [0.5, 0.6) is 0 Å². The molecule has 4 aromatic rings. The lowest BCUT2D eigenvalue weighted by atomic mass is 9.71. The SMILES string of the molecule is CC#CC(=O)N1C2(c3nc(-c4ccc(C(=O)Nc5cc(C)ccn5)cc4)c4c(N)nccn34)CCC3CCC312. The van der Waals surface area contributed by atoms with Crippen molar-refractivity contribution < 1.29 is 9.59 Å². The summed E-state index contributed by atoms with van der Waals surface area (Å²) in [6.45, 7) is 3.64. The number of benzene rings is 1. The van der Waals surface area contributed by atoms with Crippen LogP contribution in [0.15, 0.2) is 55.0 Å². The normalized spacial score (nSPS) is 24.3. The molecule has 39 heavy (non-hydrogen) atoms. The maximum Gasteiger partial charge on any atom is 0.299 e. The number of anilines is 2. The Morgan fingerprint density at radius 2 is 1.90 bits per heavy atom. The van der Waals surface area contributed by atoms with Crippen molar-refractivity contribution in [3.8, 4) is 23.1 Å². The lowest BCUT2D eigenvalue weighted by Gasteiger charge is -2.34. The number of rotatable bonds is 4. The summed E-state index contributed by atoms with van der Waals surface area (Å²) in [4.78, 5) is 41.7. The molecule has 2 saturated carbocycles. The minimum absolute atomic E-state index is 0.138. The fraction of sp³-hybridized carbons (Fsp3) is 0.300. The summed E-state index contributed by atoms with van der Waals surface area (Å²) in [6.07, 6.45) is 9.19. The first kappa shape index (κ1) is 23.4. The molecule has 0 bridgehead atoms. The summed E-state index contributed by atoms with van der Waals surface area (Å²) in [7, 11) is 0. The van der Waals surface area contributed by atoms with E-state index in [4.69, 9.17) is 10.7 Å². The van der Waals surface area contributed by atoms with E-state index < -0.39 is 5.54 Å². The zero-order valence-electron chi connectivity index (χ0n) is 21.7. The second-order valence-corrected chi connectivity index (χ2v) is 10.6. The number of aryl methyl sites for hydroxylation is 1. The number of fused-ring (bicyclic) bond motifs is 1. The number of nitrogen functional groups attached to an aromatic ring is 1. The number of nitrogens with two attached hydrogens (primary N) is 1. The fourth-order valence-electron chi connectivity index (χ4n) is 7.08. The first-order valence-corrected chi connectivity index (χ1v) is 13.2. The molecule has 3 aliphatic rings. The molecule has 9 nitrogen and oxygen atoms in total. The van der Waals surface area contributed by atoms with Gasteiger partial charge in [-0.15, -0.1) is 0 Å². The molecular weight excluding hydrogens is 490 g/mol. The van der Waals surface area contributed by atoms with Crippen LogP contribution in [-0.2, 0) is 10.3 Å². The van der Waals surface area contributed by atoms with E-state index in [2.05, 4.69) is 27.1 Å². The molecule has 3 aromatic heterocycles. The molecule has 1 aliphatic heterocycles. The van der Waals surface area contributed by atoms with Crippen molar-refractivity contribution in [1.29, 1.82) is 0 Å². The number of piperidine rings is 1. The average Bonchev–Trinajstić information content (AvgIpc) is 3.26. The van der Waals surface area contributed by atoms with Gasteiger partial charge in [0, 0.05) is 29.7 Å². The van der Waals surface area contributed by atoms with Gasteiger partial charge in [-0.3, -0.25) is 14.0 Å².